The second kappa shape index (κ2) is 6.05. The fourth-order valence-corrected chi connectivity index (χ4v) is 2.72. The van der Waals surface area contributed by atoms with Crippen LogP contribution in [0.15, 0.2) is 95.4 Å². The Morgan fingerprint density at radius 2 is 1.26 bits per heavy atom. The van der Waals surface area contributed by atoms with E-state index >= 15 is 0 Å². The van der Waals surface area contributed by atoms with Crippen molar-refractivity contribution in [1.29, 1.82) is 0 Å². The van der Waals surface area contributed by atoms with Gasteiger partial charge in [-0.1, -0.05) is 60.7 Å². The van der Waals surface area contributed by atoms with Gasteiger partial charge in [-0.25, -0.2) is 4.42 Å². The molecule has 1 nitrogen and oxygen atoms in total. The van der Waals surface area contributed by atoms with Crippen molar-refractivity contribution in [2.24, 2.45) is 0 Å². The van der Waals surface area contributed by atoms with Crippen molar-refractivity contribution in [3.05, 3.63) is 103 Å². The zero-order chi connectivity index (χ0) is 15.5. The number of rotatable bonds is 3. The van der Waals surface area contributed by atoms with Crippen molar-refractivity contribution in [3.8, 4) is 22.5 Å². The van der Waals surface area contributed by atoms with Gasteiger partial charge in [-0.2, -0.15) is 0 Å². The summed E-state index contributed by atoms with van der Waals surface area (Å²) in [4.78, 5) is 0. The van der Waals surface area contributed by atoms with Crippen LogP contribution in [-0.4, -0.2) is 0 Å². The summed E-state index contributed by atoms with van der Waals surface area (Å²) in [6.07, 6.45) is 8.20. The van der Waals surface area contributed by atoms with Gasteiger partial charge in [0.15, 0.2) is 0 Å². The molecule has 1 radical (unpaired) electrons. The summed E-state index contributed by atoms with van der Waals surface area (Å²) in [7, 11) is 0. The Kier molecular flexibility index (Phi) is 3.61. The zero-order valence-corrected chi connectivity index (χ0v) is 12.6. The fraction of sp³-hybridized carbons (Fsp3) is 0. The molecule has 1 heteroatoms. The quantitative estimate of drug-likeness (QED) is 0.535. The van der Waals surface area contributed by atoms with Gasteiger partial charge in [-0.15, -0.1) is 0 Å². The Morgan fingerprint density at radius 1 is 0.609 bits per heavy atom. The highest BCUT2D eigenvalue weighted by atomic mass is 16.3. The molecule has 0 fully saturated rings. The van der Waals surface area contributed by atoms with Crippen LogP contribution in [0.3, 0.4) is 0 Å². The maximum absolute atomic E-state index is 6.17. The molecule has 0 atom stereocenters. The molecule has 4 rings (SSSR count). The summed E-state index contributed by atoms with van der Waals surface area (Å²) in [6.45, 7) is 0. The van der Waals surface area contributed by atoms with E-state index in [0.717, 1.165) is 28.2 Å². The maximum Gasteiger partial charge on any atom is 0.361 e. The van der Waals surface area contributed by atoms with Crippen molar-refractivity contribution >= 4 is 5.57 Å². The van der Waals surface area contributed by atoms with Crippen LogP contribution < -0.4 is 0 Å². The first-order valence-corrected chi connectivity index (χ1v) is 7.71. The number of hydrogen-bond acceptors (Lipinski definition) is 0. The molecule has 2 aromatic carbocycles. The maximum atomic E-state index is 6.17. The monoisotopic (exact) mass is 296 g/mol. The van der Waals surface area contributed by atoms with Crippen LogP contribution >= 0.6 is 0 Å². The van der Waals surface area contributed by atoms with Crippen LogP contribution in [0, 0.1) is 6.42 Å². The average molecular weight is 296 g/mol. The molecule has 0 amide bonds. The van der Waals surface area contributed by atoms with E-state index in [1.807, 2.05) is 36.8 Å². The van der Waals surface area contributed by atoms with E-state index in [1.165, 1.54) is 5.56 Å². The number of allylic oxidation sites excluding steroid dienone is 4. The van der Waals surface area contributed by atoms with Crippen LogP contribution in [0.2, 0.25) is 0 Å². The Labute approximate surface area is 136 Å². The summed E-state index contributed by atoms with van der Waals surface area (Å²) in [5.74, 6) is 1.76. The SMILES string of the molecule is [CH]1C=CC(c2cc(-c3ccccc3)cc(-c3ccccc3)[o+]2)=C1. The first kappa shape index (κ1) is 13.7. The van der Waals surface area contributed by atoms with Gasteiger partial charge in [0, 0.05) is 12.0 Å². The Bertz CT molecular complexity index is 817. The Hall–Kier alpha value is -2.93. The van der Waals surface area contributed by atoms with Gasteiger partial charge in [0.2, 0.25) is 0 Å². The molecule has 0 spiro atoms. The van der Waals surface area contributed by atoms with Crippen LogP contribution in [0.4, 0.5) is 0 Å². The van der Waals surface area contributed by atoms with E-state index < -0.39 is 0 Å². The fourth-order valence-electron chi connectivity index (χ4n) is 2.72. The minimum Gasteiger partial charge on any atom is -0.207 e. The number of hydrogen-bond donors (Lipinski definition) is 0. The lowest BCUT2D eigenvalue weighted by molar-refractivity contribution is 0.553. The summed E-state index contributed by atoms with van der Waals surface area (Å²) >= 11 is 0. The zero-order valence-electron chi connectivity index (χ0n) is 12.6. The highest BCUT2D eigenvalue weighted by Gasteiger charge is 2.21. The highest BCUT2D eigenvalue weighted by Crippen LogP contribution is 2.32. The van der Waals surface area contributed by atoms with Gasteiger partial charge in [0.05, 0.1) is 23.3 Å². The van der Waals surface area contributed by atoms with Crippen molar-refractivity contribution in [3.63, 3.8) is 0 Å². The Balaban J connectivity index is 1.89. The van der Waals surface area contributed by atoms with E-state index in [0.29, 0.717) is 0 Å². The topological polar surface area (TPSA) is 11.3 Å². The molecule has 0 N–H and O–H groups in total. The molecule has 0 saturated carbocycles. The van der Waals surface area contributed by atoms with Crippen molar-refractivity contribution < 1.29 is 4.42 Å². The van der Waals surface area contributed by atoms with E-state index in [2.05, 4.69) is 60.7 Å². The van der Waals surface area contributed by atoms with E-state index in [1.54, 1.807) is 0 Å². The third-order valence-electron chi connectivity index (χ3n) is 3.91. The molecule has 3 aromatic rings. The smallest absolute Gasteiger partial charge is 0.207 e. The Morgan fingerprint density at radius 3 is 1.91 bits per heavy atom. The van der Waals surface area contributed by atoms with Gasteiger partial charge in [-0.3, -0.25) is 0 Å². The van der Waals surface area contributed by atoms with Gasteiger partial charge in [0.25, 0.3) is 0 Å². The normalized spacial score (nSPS) is 13.1. The molecule has 1 aromatic heterocycles. The van der Waals surface area contributed by atoms with E-state index in [9.17, 15) is 0 Å². The largest absolute Gasteiger partial charge is 0.361 e. The van der Waals surface area contributed by atoms with Gasteiger partial charge in [-0.05, 0) is 23.8 Å². The van der Waals surface area contributed by atoms with Crippen molar-refractivity contribution in [2.45, 2.75) is 0 Å². The molecule has 0 aliphatic heterocycles. The van der Waals surface area contributed by atoms with Crippen LogP contribution in [0.5, 0.6) is 0 Å². The average Bonchev–Trinajstić information content (AvgIpc) is 3.18. The predicted molar refractivity (Wildman–Crippen MR) is 95.4 cm³/mol. The molecule has 23 heavy (non-hydrogen) atoms. The molecular formula is C22H16O+. The molecule has 109 valence electrons. The molecule has 1 aliphatic rings. The molecule has 0 unspecified atom stereocenters. The molecule has 0 saturated heterocycles. The summed E-state index contributed by atoms with van der Waals surface area (Å²) in [5, 5.41) is 0. The van der Waals surface area contributed by atoms with Crippen LogP contribution in [0.25, 0.3) is 28.0 Å². The first-order valence-electron chi connectivity index (χ1n) is 7.71. The standard InChI is InChI=1S/C22H16O/c1-3-9-17(10-4-1)20-15-21(18-11-5-2-6-12-18)23-22(16-20)19-13-7-8-14-19/h1-16H/q+1. The van der Waals surface area contributed by atoms with E-state index in [-0.39, 0.29) is 0 Å². The van der Waals surface area contributed by atoms with Gasteiger partial charge >= 0.3 is 11.5 Å². The van der Waals surface area contributed by atoms with Gasteiger partial charge < -0.3 is 0 Å². The van der Waals surface area contributed by atoms with Crippen molar-refractivity contribution in [1.82, 2.24) is 0 Å². The molecule has 1 heterocycles. The predicted octanol–water partition coefficient (Wildman–Crippen LogP) is 6.05. The third kappa shape index (κ3) is 2.86. The second-order valence-electron chi connectivity index (χ2n) is 5.48. The van der Waals surface area contributed by atoms with Crippen molar-refractivity contribution in [2.75, 3.05) is 0 Å². The second-order valence-corrected chi connectivity index (χ2v) is 5.48. The molecule has 1 aliphatic carbocycles. The lowest BCUT2D eigenvalue weighted by atomic mass is 10.0. The minimum absolute atomic E-state index is 0.878. The molecular weight excluding hydrogens is 280 g/mol. The van der Waals surface area contributed by atoms with E-state index in [4.69, 9.17) is 4.42 Å². The minimum atomic E-state index is 0.878. The van der Waals surface area contributed by atoms with Crippen LogP contribution in [0.1, 0.15) is 5.76 Å². The first-order chi connectivity index (χ1) is 11.4. The lowest BCUT2D eigenvalue weighted by Gasteiger charge is -2.01. The summed E-state index contributed by atoms with van der Waals surface area (Å²) < 4.78 is 6.17. The highest BCUT2D eigenvalue weighted by molar-refractivity contribution is 5.80. The van der Waals surface area contributed by atoms with Gasteiger partial charge in [0.1, 0.15) is 0 Å². The lowest BCUT2D eigenvalue weighted by Crippen LogP contribution is -1.87. The number of benzene rings is 2. The molecule has 0 bridgehead atoms. The summed E-state index contributed by atoms with van der Waals surface area (Å²) in [5.41, 5.74) is 4.53. The van der Waals surface area contributed by atoms with Crippen LogP contribution in [-0.2, 0) is 0 Å². The third-order valence-corrected chi connectivity index (χ3v) is 3.91. The summed E-state index contributed by atoms with van der Waals surface area (Å²) in [6, 6.07) is 24.8.